The molecule has 1 aliphatic heterocycles. The molecule has 0 bridgehead atoms. The van der Waals surface area contributed by atoms with Gasteiger partial charge in [-0.1, -0.05) is 24.3 Å². The molecule has 1 aromatic carbocycles. The van der Waals surface area contributed by atoms with E-state index in [1.54, 1.807) is 0 Å². The molecule has 0 atom stereocenters. The molecule has 0 spiro atoms. The van der Waals surface area contributed by atoms with Gasteiger partial charge < -0.3 is 4.90 Å². The number of hydrogen-bond donors (Lipinski definition) is 0. The largest absolute Gasteiger partial charge is 0.374 e. The van der Waals surface area contributed by atoms with E-state index in [0.29, 0.717) is 0 Å². The minimum atomic E-state index is 1.03. The summed E-state index contributed by atoms with van der Waals surface area (Å²) in [6, 6.07) is 13.0. The van der Waals surface area contributed by atoms with Gasteiger partial charge in [0.25, 0.3) is 0 Å². The quantitative estimate of drug-likeness (QED) is 0.714. The molecule has 5 heteroatoms. The lowest BCUT2D eigenvalue weighted by Crippen LogP contribution is -2.25. The molecule has 4 nitrogen and oxygen atoms in total. The van der Waals surface area contributed by atoms with E-state index in [4.69, 9.17) is 0 Å². The van der Waals surface area contributed by atoms with Gasteiger partial charge in [-0.25, -0.2) is 4.57 Å². The normalized spacial score (nSPS) is 14.4. The lowest BCUT2D eigenvalue weighted by Gasteiger charge is -2.19. The van der Waals surface area contributed by atoms with E-state index in [-0.39, 0.29) is 0 Å². The molecule has 0 saturated carbocycles. The summed E-state index contributed by atoms with van der Waals surface area (Å²) < 4.78 is 4.39. The van der Waals surface area contributed by atoms with Gasteiger partial charge in [0.05, 0.1) is 14.1 Å². The zero-order valence-corrected chi connectivity index (χ0v) is 17.6. The van der Waals surface area contributed by atoms with Crippen molar-refractivity contribution in [1.29, 1.82) is 0 Å². The molecule has 2 heterocycles. The maximum atomic E-state index is 2.35. The minimum absolute atomic E-state index is 1.03. The number of thioether (sulfide) groups is 1. The lowest BCUT2D eigenvalue weighted by atomic mass is 10.1. The van der Waals surface area contributed by atoms with Gasteiger partial charge in [-0.05, 0) is 35.0 Å². The molecule has 0 unspecified atom stereocenters. The van der Waals surface area contributed by atoms with Crippen molar-refractivity contribution >= 4 is 34.8 Å². The van der Waals surface area contributed by atoms with Gasteiger partial charge in [0.1, 0.15) is 20.1 Å². The number of hydrogen-bond acceptors (Lipinski definition) is 3. The minimum Gasteiger partial charge on any atom is -0.374 e. The number of nitrogens with zero attached hydrogens (tertiary/aromatic N) is 4. The summed E-state index contributed by atoms with van der Waals surface area (Å²) in [5.74, 6) is 1.09. The molecular weight excluding hydrogens is 352 g/mol. The van der Waals surface area contributed by atoms with Gasteiger partial charge in [0.15, 0.2) is 12.4 Å². The van der Waals surface area contributed by atoms with Crippen molar-refractivity contribution in [2.45, 2.75) is 0 Å². The Morgan fingerprint density at radius 1 is 1.04 bits per heavy atom. The highest BCUT2D eigenvalue weighted by atomic mass is 32.2. The van der Waals surface area contributed by atoms with Crippen molar-refractivity contribution in [2.75, 3.05) is 51.4 Å². The topological polar surface area (TPSA) is 13.4 Å². The zero-order valence-electron chi connectivity index (χ0n) is 16.8. The monoisotopic (exact) mass is 382 g/mol. The van der Waals surface area contributed by atoms with E-state index in [0.717, 1.165) is 25.4 Å². The Hall–Kier alpha value is -2.27. The Kier molecular flexibility index (Phi) is 6.56. The molecule has 2 aromatic rings. The van der Waals surface area contributed by atoms with Gasteiger partial charge in [0, 0.05) is 37.2 Å². The molecule has 142 valence electrons. The molecule has 1 aromatic heterocycles. The molecule has 0 N–H and O–H groups in total. The maximum absolute atomic E-state index is 2.35. The average Bonchev–Trinajstić information content (AvgIpc) is 3.00. The van der Waals surface area contributed by atoms with Crippen LogP contribution in [-0.4, -0.2) is 61.2 Å². The Bertz CT molecular complexity index is 809. The zero-order chi connectivity index (χ0) is 19.2. The summed E-state index contributed by atoms with van der Waals surface area (Å²) in [6.07, 6.45) is 8.45. The molecule has 3 rings (SSSR count). The molecule has 0 aliphatic carbocycles. The first-order valence-corrected chi connectivity index (χ1v) is 10.4. The number of aryl methyl sites for hydroxylation is 1. The van der Waals surface area contributed by atoms with Crippen molar-refractivity contribution in [2.24, 2.45) is 7.05 Å². The predicted molar refractivity (Wildman–Crippen MR) is 117 cm³/mol. The second-order valence-electron chi connectivity index (χ2n) is 7.12. The highest BCUT2D eigenvalue weighted by Gasteiger charge is 2.24. The Balaban J connectivity index is 1.52. The second-order valence-corrected chi connectivity index (χ2v) is 8.18. The molecule has 0 saturated heterocycles. The summed E-state index contributed by atoms with van der Waals surface area (Å²) >= 11 is 1.95. The van der Waals surface area contributed by atoms with Crippen molar-refractivity contribution in [3.63, 3.8) is 0 Å². The fourth-order valence-electron chi connectivity index (χ4n) is 3.06. The Morgan fingerprint density at radius 2 is 1.67 bits per heavy atom. The molecule has 1 aliphatic rings. The smallest absolute Gasteiger partial charge is 0.308 e. The van der Waals surface area contributed by atoms with Crippen LogP contribution in [0.2, 0.25) is 0 Å². The van der Waals surface area contributed by atoms with Crippen molar-refractivity contribution in [3.8, 4) is 0 Å². The SMILES string of the molecule is CN1CC[N+](C)=C1SCCN(C)c1ccc(/C=C/c2cc[n+](C)cc2)cc1. The first kappa shape index (κ1) is 19.5. The summed E-state index contributed by atoms with van der Waals surface area (Å²) in [7, 11) is 8.56. The van der Waals surface area contributed by atoms with Gasteiger partial charge in [0.2, 0.25) is 0 Å². The standard InChI is InChI=1S/C22H30N4S/c1-23-13-11-20(12-14-23)6-5-19-7-9-21(10-8-19)24(2)17-18-27-22-25(3)15-16-26(22)4/h5-14H,15-18H2,1-4H3/q+2. The molecule has 0 fully saturated rings. The summed E-state index contributed by atoms with van der Waals surface area (Å²) in [5.41, 5.74) is 3.70. The Labute approximate surface area is 167 Å². The number of benzene rings is 1. The maximum Gasteiger partial charge on any atom is 0.308 e. The number of likely N-dealkylation sites (N-methyl/N-ethyl adjacent to an activating group) is 2. The number of rotatable bonds is 6. The molecule has 0 radical (unpaired) electrons. The number of aromatic nitrogens is 1. The highest BCUT2D eigenvalue weighted by Crippen LogP contribution is 2.17. The number of pyridine rings is 1. The van der Waals surface area contributed by atoms with Crippen LogP contribution >= 0.6 is 11.8 Å². The number of anilines is 1. The van der Waals surface area contributed by atoms with Crippen LogP contribution in [0.15, 0.2) is 48.8 Å². The molecule has 0 amide bonds. The van der Waals surface area contributed by atoms with Gasteiger partial charge >= 0.3 is 5.17 Å². The van der Waals surface area contributed by atoms with Crippen LogP contribution in [0.4, 0.5) is 5.69 Å². The van der Waals surface area contributed by atoms with E-state index < -0.39 is 0 Å². The summed E-state index contributed by atoms with van der Waals surface area (Å²) in [6.45, 7) is 3.29. The highest BCUT2D eigenvalue weighted by molar-refractivity contribution is 8.13. The van der Waals surface area contributed by atoms with Crippen molar-refractivity contribution in [3.05, 3.63) is 59.9 Å². The van der Waals surface area contributed by atoms with Crippen LogP contribution in [-0.2, 0) is 7.05 Å². The fraction of sp³-hybridized carbons (Fsp3) is 0.364. The summed E-state index contributed by atoms with van der Waals surface area (Å²) in [4.78, 5) is 4.67. The second kappa shape index (κ2) is 9.09. The van der Waals surface area contributed by atoms with E-state index in [1.807, 2.05) is 23.4 Å². The van der Waals surface area contributed by atoms with Crippen LogP contribution in [0.3, 0.4) is 0 Å². The first-order chi connectivity index (χ1) is 13.0. The van der Waals surface area contributed by atoms with Gasteiger partial charge in [-0.2, -0.15) is 0 Å². The van der Waals surface area contributed by atoms with Crippen LogP contribution < -0.4 is 9.47 Å². The van der Waals surface area contributed by atoms with Crippen LogP contribution in [0.25, 0.3) is 12.2 Å². The van der Waals surface area contributed by atoms with Crippen LogP contribution in [0, 0.1) is 0 Å². The third-order valence-electron chi connectivity index (χ3n) is 4.89. The lowest BCUT2D eigenvalue weighted by molar-refractivity contribution is -0.671. The third-order valence-corrected chi connectivity index (χ3v) is 6.16. The van der Waals surface area contributed by atoms with E-state index in [1.165, 1.54) is 22.0 Å². The molecular formula is C22H30N4S+2. The molecule has 27 heavy (non-hydrogen) atoms. The van der Waals surface area contributed by atoms with E-state index in [9.17, 15) is 0 Å². The third kappa shape index (κ3) is 5.36. The van der Waals surface area contributed by atoms with Gasteiger partial charge in [-0.15, -0.1) is 0 Å². The van der Waals surface area contributed by atoms with E-state index >= 15 is 0 Å². The van der Waals surface area contributed by atoms with Gasteiger partial charge in [-0.3, -0.25) is 9.48 Å². The fourth-order valence-corrected chi connectivity index (χ4v) is 4.23. The predicted octanol–water partition coefficient (Wildman–Crippen LogP) is 2.79. The van der Waals surface area contributed by atoms with Crippen LogP contribution in [0.1, 0.15) is 11.1 Å². The van der Waals surface area contributed by atoms with Crippen molar-refractivity contribution < 1.29 is 9.14 Å². The van der Waals surface area contributed by atoms with Crippen LogP contribution in [0.5, 0.6) is 0 Å². The summed E-state index contributed by atoms with van der Waals surface area (Å²) in [5, 5.41) is 1.39. The first-order valence-electron chi connectivity index (χ1n) is 9.39. The Morgan fingerprint density at radius 3 is 2.26 bits per heavy atom. The number of amidine groups is 1. The average molecular weight is 383 g/mol. The van der Waals surface area contributed by atoms with Crippen molar-refractivity contribution in [1.82, 2.24) is 4.90 Å². The van der Waals surface area contributed by atoms with E-state index in [2.05, 4.69) is 96.5 Å².